The van der Waals surface area contributed by atoms with E-state index in [1.54, 1.807) is 49.1 Å². The van der Waals surface area contributed by atoms with Crippen molar-refractivity contribution in [3.05, 3.63) is 95.8 Å². The van der Waals surface area contributed by atoms with Crippen LogP contribution in [-0.2, 0) is 20.9 Å². The Balaban J connectivity index is 0.690. The standard InChI is InChI=1S/C44H51N9O7/c54-37-21-20-35(42(56)50-37)53-43(57)33-14-11-15-34(38(33)44(53)58)45-22-7-4-6-10-25-59-24-9-5-2-1-3-8-23-46-41(55)31-18-16-30(17-19-31)39-40-51-49-29-52(40)36(28-48-39)47-27-32-13-12-26-60-32/h11-19,26,28-29,35,45,47H,1-10,20-25,27H2,(H,46,55)(H,50,54,56). The van der Waals surface area contributed by atoms with Gasteiger partial charge in [-0.3, -0.25) is 38.6 Å². The second kappa shape index (κ2) is 20.5. The smallest absolute Gasteiger partial charge is 0.264 e. The molecule has 2 aliphatic heterocycles. The van der Waals surface area contributed by atoms with E-state index in [0.29, 0.717) is 42.2 Å². The Labute approximate surface area is 347 Å². The van der Waals surface area contributed by atoms with E-state index in [-0.39, 0.29) is 29.9 Å². The number of hydrogen-bond acceptors (Lipinski definition) is 12. The number of anilines is 2. The van der Waals surface area contributed by atoms with E-state index in [9.17, 15) is 24.0 Å². The fourth-order valence-electron chi connectivity index (χ4n) is 7.53. The molecule has 1 saturated heterocycles. The van der Waals surface area contributed by atoms with Gasteiger partial charge in [-0.05, 0) is 68.5 Å². The number of piperidine rings is 1. The Morgan fingerprint density at radius 1 is 0.833 bits per heavy atom. The monoisotopic (exact) mass is 817 g/mol. The van der Waals surface area contributed by atoms with Crippen molar-refractivity contribution in [3.63, 3.8) is 0 Å². The highest BCUT2D eigenvalue weighted by atomic mass is 16.5. The number of rotatable bonds is 23. The van der Waals surface area contributed by atoms with Gasteiger partial charge in [0.25, 0.3) is 17.7 Å². The van der Waals surface area contributed by atoms with Crippen molar-refractivity contribution in [1.29, 1.82) is 0 Å². The van der Waals surface area contributed by atoms with Gasteiger partial charge >= 0.3 is 0 Å². The minimum Gasteiger partial charge on any atom is -0.467 e. The minimum atomic E-state index is -0.979. The molecule has 60 heavy (non-hydrogen) atoms. The molecule has 7 rings (SSSR count). The molecule has 314 valence electrons. The number of carbonyl (C=O) groups excluding carboxylic acids is 5. The number of nitrogens with one attached hydrogen (secondary N) is 4. The molecule has 0 bridgehead atoms. The summed E-state index contributed by atoms with van der Waals surface area (Å²) >= 11 is 0. The van der Waals surface area contributed by atoms with Crippen molar-refractivity contribution in [3.8, 4) is 11.3 Å². The summed E-state index contributed by atoms with van der Waals surface area (Å²) in [4.78, 5) is 68.6. The molecule has 5 heterocycles. The van der Waals surface area contributed by atoms with Gasteiger partial charge in [0.2, 0.25) is 11.8 Å². The van der Waals surface area contributed by atoms with E-state index in [1.165, 1.54) is 0 Å². The highest BCUT2D eigenvalue weighted by Crippen LogP contribution is 2.32. The number of aromatic nitrogens is 4. The summed E-state index contributed by atoms with van der Waals surface area (Å²) in [6.07, 6.45) is 15.5. The summed E-state index contributed by atoms with van der Waals surface area (Å²) in [5, 5.41) is 20.2. The van der Waals surface area contributed by atoms with Gasteiger partial charge in [0.1, 0.15) is 29.6 Å². The lowest BCUT2D eigenvalue weighted by molar-refractivity contribution is -0.136. The summed E-state index contributed by atoms with van der Waals surface area (Å²) in [5.74, 6) is -0.573. The van der Waals surface area contributed by atoms with Crippen LogP contribution in [0.3, 0.4) is 0 Å². The van der Waals surface area contributed by atoms with Crippen LogP contribution in [0.4, 0.5) is 11.5 Å². The highest BCUT2D eigenvalue weighted by Gasteiger charge is 2.45. The number of benzene rings is 2. The van der Waals surface area contributed by atoms with E-state index < -0.39 is 29.7 Å². The van der Waals surface area contributed by atoms with Gasteiger partial charge in [0.05, 0.1) is 30.1 Å². The summed E-state index contributed by atoms with van der Waals surface area (Å²) in [5.41, 5.74) is 3.86. The third kappa shape index (κ3) is 10.2. The van der Waals surface area contributed by atoms with Crippen LogP contribution in [0, 0.1) is 0 Å². The lowest BCUT2D eigenvalue weighted by Gasteiger charge is -2.27. The zero-order chi connectivity index (χ0) is 41.7. The number of fused-ring (bicyclic) bond motifs is 2. The van der Waals surface area contributed by atoms with Crippen LogP contribution in [0.5, 0.6) is 0 Å². The number of amides is 5. The van der Waals surface area contributed by atoms with Gasteiger partial charge in [0.15, 0.2) is 5.65 Å². The Hall–Kier alpha value is -6.42. The van der Waals surface area contributed by atoms with Crippen LogP contribution in [0.15, 0.2) is 77.8 Å². The van der Waals surface area contributed by atoms with Crippen LogP contribution in [0.1, 0.15) is 114 Å². The molecule has 3 aromatic heterocycles. The minimum absolute atomic E-state index is 0.0880. The number of furan rings is 1. The molecule has 2 aromatic carbocycles. The quantitative estimate of drug-likeness (QED) is 0.0433. The van der Waals surface area contributed by atoms with Crippen LogP contribution in [-0.4, -0.2) is 86.4 Å². The van der Waals surface area contributed by atoms with E-state index in [2.05, 4.69) is 36.4 Å². The number of hydrogen-bond donors (Lipinski definition) is 4. The van der Waals surface area contributed by atoms with Gasteiger partial charge in [0, 0.05) is 49.5 Å². The molecule has 16 nitrogen and oxygen atoms in total. The number of ether oxygens (including phenoxy) is 1. The molecule has 2 aliphatic rings. The van der Waals surface area contributed by atoms with Crippen LogP contribution >= 0.6 is 0 Å². The molecule has 0 aliphatic carbocycles. The van der Waals surface area contributed by atoms with Crippen molar-refractivity contribution in [1.82, 2.24) is 35.1 Å². The van der Waals surface area contributed by atoms with Gasteiger partial charge in [-0.1, -0.05) is 56.7 Å². The maximum Gasteiger partial charge on any atom is 0.264 e. The van der Waals surface area contributed by atoms with Crippen molar-refractivity contribution in [2.75, 3.05) is 36.9 Å². The second-order valence-corrected chi connectivity index (χ2v) is 15.0. The SMILES string of the molecule is O=C1CCC(N2C(=O)c3cccc(NCCCCCCOCCCCCCCCNC(=O)c4ccc(-c5ncc(NCc6ccco6)n6cnnc56)cc4)c3C2=O)C(=O)N1. The third-order valence-electron chi connectivity index (χ3n) is 10.8. The van der Waals surface area contributed by atoms with E-state index in [0.717, 1.165) is 99.5 Å². The zero-order valence-electron chi connectivity index (χ0n) is 33.6. The first-order valence-electron chi connectivity index (χ1n) is 20.9. The Kier molecular flexibility index (Phi) is 14.3. The van der Waals surface area contributed by atoms with E-state index in [1.807, 2.05) is 28.7 Å². The average molecular weight is 818 g/mol. The van der Waals surface area contributed by atoms with Gasteiger partial charge in [-0.25, -0.2) is 4.98 Å². The predicted molar refractivity (Wildman–Crippen MR) is 223 cm³/mol. The predicted octanol–water partition coefficient (Wildman–Crippen LogP) is 6.16. The highest BCUT2D eigenvalue weighted by molar-refractivity contribution is 6.25. The molecule has 5 amide bonds. The van der Waals surface area contributed by atoms with E-state index >= 15 is 0 Å². The van der Waals surface area contributed by atoms with Crippen LogP contribution in [0.2, 0.25) is 0 Å². The summed E-state index contributed by atoms with van der Waals surface area (Å²) < 4.78 is 13.1. The third-order valence-corrected chi connectivity index (χ3v) is 10.8. The van der Waals surface area contributed by atoms with Crippen LogP contribution in [0.25, 0.3) is 16.9 Å². The van der Waals surface area contributed by atoms with Gasteiger partial charge in [-0.15, -0.1) is 10.2 Å². The van der Waals surface area contributed by atoms with Gasteiger partial charge in [-0.2, -0.15) is 0 Å². The van der Waals surface area contributed by atoms with Crippen molar-refractivity contribution in [2.45, 2.75) is 89.6 Å². The average Bonchev–Trinajstić information content (AvgIpc) is 4.03. The first-order valence-corrected chi connectivity index (χ1v) is 20.9. The Bertz CT molecular complexity index is 2270. The van der Waals surface area contributed by atoms with Gasteiger partial charge < -0.3 is 25.1 Å². The fourth-order valence-corrected chi connectivity index (χ4v) is 7.53. The lowest BCUT2D eigenvalue weighted by Crippen LogP contribution is -2.54. The molecule has 0 spiro atoms. The normalized spacial score (nSPS) is 15.1. The summed E-state index contributed by atoms with van der Waals surface area (Å²) in [6.45, 7) is 3.27. The summed E-state index contributed by atoms with van der Waals surface area (Å²) in [6, 6.07) is 15.2. The van der Waals surface area contributed by atoms with E-state index in [4.69, 9.17) is 9.15 Å². The number of imide groups is 2. The molecule has 1 fully saturated rings. The topological polar surface area (TPSA) is 202 Å². The number of carbonyl (C=O) groups is 5. The molecule has 4 N–H and O–H groups in total. The van der Waals surface area contributed by atoms with Crippen molar-refractivity contribution in [2.24, 2.45) is 0 Å². The Morgan fingerprint density at radius 2 is 1.58 bits per heavy atom. The zero-order valence-corrected chi connectivity index (χ0v) is 33.6. The fraction of sp³-hybridized carbons (Fsp3) is 0.409. The van der Waals surface area contributed by atoms with Crippen molar-refractivity contribution >= 4 is 46.7 Å². The molecular weight excluding hydrogens is 767 g/mol. The number of unbranched alkanes of at least 4 members (excludes halogenated alkanes) is 8. The molecule has 16 heteroatoms. The molecule has 0 radical (unpaired) electrons. The second-order valence-electron chi connectivity index (χ2n) is 15.0. The maximum absolute atomic E-state index is 13.2. The molecule has 1 unspecified atom stereocenters. The molecule has 5 aromatic rings. The molecular formula is C44H51N9O7. The molecule has 0 saturated carbocycles. The Morgan fingerprint density at radius 3 is 2.33 bits per heavy atom. The lowest BCUT2D eigenvalue weighted by atomic mass is 10.0. The summed E-state index contributed by atoms with van der Waals surface area (Å²) in [7, 11) is 0. The molecule has 1 atom stereocenters. The largest absolute Gasteiger partial charge is 0.467 e. The van der Waals surface area contributed by atoms with Crippen LogP contribution < -0.4 is 21.3 Å². The number of nitrogens with zero attached hydrogens (tertiary/aromatic N) is 5. The first kappa shape index (κ1) is 41.7. The maximum atomic E-state index is 13.2. The first-order chi connectivity index (χ1) is 29.4. The van der Waals surface area contributed by atoms with Crippen molar-refractivity contribution < 1.29 is 33.1 Å².